The fourth-order valence-corrected chi connectivity index (χ4v) is 3.89. The molecule has 1 aliphatic rings. The van der Waals surface area contributed by atoms with Gasteiger partial charge in [-0.05, 0) is 57.5 Å². The third-order valence-corrected chi connectivity index (χ3v) is 5.69. The van der Waals surface area contributed by atoms with Gasteiger partial charge in [-0.2, -0.15) is 0 Å². The number of hydrogen-bond donors (Lipinski definition) is 0. The zero-order chi connectivity index (χ0) is 16.8. The maximum Gasteiger partial charge on any atom is 0.129 e. The molecule has 1 fully saturated rings. The number of rotatable bonds is 6. The van der Waals surface area contributed by atoms with Crippen LogP contribution in [0.5, 0.6) is 0 Å². The Morgan fingerprint density at radius 2 is 1.83 bits per heavy atom. The lowest BCUT2D eigenvalue weighted by atomic mass is 10.1. The standard InChI is InChI=1S/C20H26N2OS/c1-16-6-8-18(9-7-16)20-11-10-19(24-20)17(2)21-23-15-14-22-12-4-3-5-13-22/h6-11H,3-5,12-15H2,1-2H3/b21-17+. The van der Waals surface area contributed by atoms with E-state index in [1.807, 2.05) is 6.92 Å². The Labute approximate surface area is 148 Å². The van der Waals surface area contributed by atoms with E-state index < -0.39 is 0 Å². The van der Waals surface area contributed by atoms with Crippen molar-refractivity contribution in [3.05, 3.63) is 46.8 Å². The first-order valence-corrected chi connectivity index (χ1v) is 9.60. The van der Waals surface area contributed by atoms with E-state index in [9.17, 15) is 0 Å². The second-order valence-corrected chi connectivity index (χ2v) is 7.53. The summed E-state index contributed by atoms with van der Waals surface area (Å²) in [5.41, 5.74) is 3.50. The van der Waals surface area contributed by atoms with Crippen molar-refractivity contribution in [2.75, 3.05) is 26.2 Å². The van der Waals surface area contributed by atoms with E-state index in [2.05, 4.69) is 53.4 Å². The van der Waals surface area contributed by atoms with Gasteiger partial charge in [0, 0.05) is 11.4 Å². The molecule has 0 amide bonds. The molecule has 128 valence electrons. The van der Waals surface area contributed by atoms with E-state index in [1.165, 1.54) is 53.2 Å². The van der Waals surface area contributed by atoms with Crippen molar-refractivity contribution in [3.8, 4) is 10.4 Å². The maximum atomic E-state index is 5.54. The minimum absolute atomic E-state index is 0.674. The molecular formula is C20H26N2OS. The van der Waals surface area contributed by atoms with Crippen LogP contribution in [0.1, 0.15) is 36.6 Å². The molecule has 1 saturated heterocycles. The number of oxime groups is 1. The van der Waals surface area contributed by atoms with Crippen LogP contribution in [0.15, 0.2) is 41.6 Å². The minimum atomic E-state index is 0.674. The summed E-state index contributed by atoms with van der Waals surface area (Å²) in [6, 6.07) is 12.9. The zero-order valence-corrected chi connectivity index (χ0v) is 15.4. The molecule has 0 atom stereocenters. The molecule has 1 aliphatic heterocycles. The first-order valence-electron chi connectivity index (χ1n) is 8.78. The van der Waals surface area contributed by atoms with Gasteiger partial charge in [-0.1, -0.05) is 41.4 Å². The lowest BCUT2D eigenvalue weighted by molar-refractivity contribution is 0.102. The van der Waals surface area contributed by atoms with Gasteiger partial charge in [-0.25, -0.2) is 0 Å². The number of piperidine rings is 1. The molecule has 0 N–H and O–H groups in total. The van der Waals surface area contributed by atoms with Crippen molar-refractivity contribution >= 4 is 17.0 Å². The summed E-state index contributed by atoms with van der Waals surface area (Å²) >= 11 is 1.76. The molecule has 0 bridgehead atoms. The minimum Gasteiger partial charge on any atom is -0.394 e. The topological polar surface area (TPSA) is 24.8 Å². The molecule has 3 rings (SSSR count). The monoisotopic (exact) mass is 342 g/mol. The average molecular weight is 343 g/mol. The Bertz CT molecular complexity index is 669. The number of nitrogens with zero attached hydrogens (tertiary/aromatic N) is 2. The zero-order valence-electron chi connectivity index (χ0n) is 14.6. The van der Waals surface area contributed by atoms with E-state index in [0.717, 1.165) is 12.3 Å². The van der Waals surface area contributed by atoms with Crippen molar-refractivity contribution in [1.29, 1.82) is 0 Å². The molecule has 0 aliphatic carbocycles. The summed E-state index contributed by atoms with van der Waals surface area (Å²) in [4.78, 5) is 10.4. The normalized spacial score (nSPS) is 16.3. The Balaban J connectivity index is 1.52. The summed E-state index contributed by atoms with van der Waals surface area (Å²) in [5.74, 6) is 0. The Kier molecular flexibility index (Phi) is 6.05. The molecule has 1 aromatic heterocycles. The molecule has 0 unspecified atom stereocenters. The van der Waals surface area contributed by atoms with Gasteiger partial charge in [0.2, 0.25) is 0 Å². The highest BCUT2D eigenvalue weighted by atomic mass is 32.1. The molecule has 2 heterocycles. The molecule has 3 nitrogen and oxygen atoms in total. The molecule has 0 saturated carbocycles. The highest BCUT2D eigenvalue weighted by Crippen LogP contribution is 2.28. The van der Waals surface area contributed by atoms with Crippen LogP contribution < -0.4 is 0 Å². The Hall–Kier alpha value is -1.65. The van der Waals surface area contributed by atoms with Crippen molar-refractivity contribution < 1.29 is 4.84 Å². The Morgan fingerprint density at radius 1 is 1.08 bits per heavy atom. The van der Waals surface area contributed by atoms with Crippen molar-refractivity contribution in [3.63, 3.8) is 0 Å². The van der Waals surface area contributed by atoms with Gasteiger partial charge in [-0.3, -0.25) is 4.90 Å². The molecule has 2 aromatic rings. The van der Waals surface area contributed by atoms with Crippen LogP contribution >= 0.6 is 11.3 Å². The molecule has 0 radical (unpaired) electrons. The fraction of sp³-hybridized carbons (Fsp3) is 0.450. The van der Waals surface area contributed by atoms with Gasteiger partial charge in [0.05, 0.1) is 10.6 Å². The van der Waals surface area contributed by atoms with Crippen LogP contribution in [-0.4, -0.2) is 36.9 Å². The van der Waals surface area contributed by atoms with E-state index in [4.69, 9.17) is 4.84 Å². The van der Waals surface area contributed by atoms with Crippen molar-refractivity contribution in [1.82, 2.24) is 4.90 Å². The third kappa shape index (κ3) is 4.68. The van der Waals surface area contributed by atoms with Crippen LogP contribution in [0.4, 0.5) is 0 Å². The SMILES string of the molecule is C/C(=N\OCCN1CCCCC1)c1ccc(-c2ccc(C)cc2)s1. The quantitative estimate of drug-likeness (QED) is 0.421. The number of benzene rings is 1. The largest absolute Gasteiger partial charge is 0.394 e. The first-order chi connectivity index (χ1) is 11.7. The van der Waals surface area contributed by atoms with E-state index in [0.29, 0.717) is 6.61 Å². The smallest absolute Gasteiger partial charge is 0.129 e. The summed E-state index contributed by atoms with van der Waals surface area (Å²) < 4.78 is 0. The van der Waals surface area contributed by atoms with Crippen LogP contribution in [0, 0.1) is 6.92 Å². The summed E-state index contributed by atoms with van der Waals surface area (Å²) in [5, 5.41) is 4.30. The average Bonchev–Trinajstić information content (AvgIpc) is 3.10. The molecule has 24 heavy (non-hydrogen) atoms. The molecule has 0 spiro atoms. The van der Waals surface area contributed by atoms with Crippen molar-refractivity contribution in [2.45, 2.75) is 33.1 Å². The summed E-state index contributed by atoms with van der Waals surface area (Å²) in [7, 11) is 0. The van der Waals surface area contributed by atoms with E-state index in [1.54, 1.807) is 11.3 Å². The van der Waals surface area contributed by atoms with Gasteiger partial charge in [0.15, 0.2) is 0 Å². The number of aryl methyl sites for hydroxylation is 1. The predicted molar refractivity (Wildman–Crippen MR) is 103 cm³/mol. The van der Waals surface area contributed by atoms with Gasteiger partial charge in [-0.15, -0.1) is 11.3 Å². The molecule has 4 heteroatoms. The molecular weight excluding hydrogens is 316 g/mol. The van der Waals surface area contributed by atoms with E-state index >= 15 is 0 Å². The summed E-state index contributed by atoms with van der Waals surface area (Å²) in [6.07, 6.45) is 4.01. The van der Waals surface area contributed by atoms with Crippen LogP contribution in [0.2, 0.25) is 0 Å². The van der Waals surface area contributed by atoms with Crippen LogP contribution in [0.25, 0.3) is 10.4 Å². The summed E-state index contributed by atoms with van der Waals surface area (Å²) in [6.45, 7) is 8.20. The Morgan fingerprint density at radius 3 is 2.58 bits per heavy atom. The van der Waals surface area contributed by atoms with Gasteiger partial charge >= 0.3 is 0 Å². The highest BCUT2D eigenvalue weighted by molar-refractivity contribution is 7.17. The van der Waals surface area contributed by atoms with E-state index in [-0.39, 0.29) is 0 Å². The lowest BCUT2D eigenvalue weighted by Gasteiger charge is -2.25. The third-order valence-electron chi connectivity index (χ3n) is 4.45. The number of thiophene rings is 1. The predicted octanol–water partition coefficient (Wildman–Crippen LogP) is 4.95. The van der Waals surface area contributed by atoms with Gasteiger partial charge in [0.1, 0.15) is 6.61 Å². The van der Waals surface area contributed by atoms with Crippen LogP contribution in [0.3, 0.4) is 0 Å². The molecule has 1 aromatic carbocycles. The second kappa shape index (κ2) is 8.45. The number of hydrogen-bond acceptors (Lipinski definition) is 4. The van der Waals surface area contributed by atoms with Gasteiger partial charge < -0.3 is 4.84 Å². The highest BCUT2D eigenvalue weighted by Gasteiger charge is 2.09. The first kappa shape index (κ1) is 17.2. The van der Waals surface area contributed by atoms with Crippen molar-refractivity contribution in [2.24, 2.45) is 5.16 Å². The van der Waals surface area contributed by atoms with Gasteiger partial charge in [0.25, 0.3) is 0 Å². The lowest BCUT2D eigenvalue weighted by Crippen LogP contribution is -2.32. The maximum absolute atomic E-state index is 5.54. The number of likely N-dealkylation sites (tertiary alicyclic amines) is 1. The van der Waals surface area contributed by atoms with Crippen LogP contribution in [-0.2, 0) is 4.84 Å². The second-order valence-electron chi connectivity index (χ2n) is 6.44. The fourth-order valence-electron chi connectivity index (χ4n) is 2.95.